The summed E-state index contributed by atoms with van der Waals surface area (Å²) >= 11 is 0. The molecule has 1 N–H and O–H groups in total. The van der Waals surface area contributed by atoms with Gasteiger partial charge in [-0.1, -0.05) is 0 Å². The number of amides is 1. The predicted molar refractivity (Wildman–Crippen MR) is 78.8 cm³/mol. The largest absolute Gasteiger partial charge is 0.435 e. The molecule has 1 fully saturated rings. The molecular weight excluding hydrogens is 402 g/mol. The number of anilines is 1. The summed E-state index contributed by atoms with van der Waals surface area (Å²) < 4.78 is 106. The molecule has 1 atom stereocenters. The van der Waals surface area contributed by atoms with Gasteiger partial charge in [0.15, 0.2) is 29.0 Å². The SMILES string of the molecule is CC(C(=O)Nc1c(F)c(F)c(F)c(F)c1F)n1nc(C(F)(F)F)cc1C1CC1. The maximum absolute atomic E-state index is 13.7. The Bertz CT molecular complexity index is 919. The van der Waals surface area contributed by atoms with Gasteiger partial charge in [0.2, 0.25) is 11.7 Å². The Kier molecular flexibility index (Phi) is 4.84. The van der Waals surface area contributed by atoms with Crippen LogP contribution in [0.4, 0.5) is 40.8 Å². The molecule has 1 aromatic heterocycles. The molecule has 1 aromatic carbocycles. The third kappa shape index (κ3) is 3.42. The number of benzene rings is 1. The lowest BCUT2D eigenvalue weighted by molar-refractivity contribution is -0.141. The van der Waals surface area contributed by atoms with Gasteiger partial charge in [-0.05, 0) is 25.8 Å². The molecular formula is C16H11F8N3O. The average molecular weight is 413 g/mol. The highest BCUT2D eigenvalue weighted by Gasteiger charge is 2.39. The molecule has 3 rings (SSSR count). The van der Waals surface area contributed by atoms with Crippen molar-refractivity contribution in [3.05, 3.63) is 46.5 Å². The van der Waals surface area contributed by atoms with Gasteiger partial charge in [0.05, 0.1) is 0 Å². The summed E-state index contributed by atoms with van der Waals surface area (Å²) in [6.07, 6.45) is -3.66. The van der Waals surface area contributed by atoms with Gasteiger partial charge in [0, 0.05) is 11.6 Å². The maximum atomic E-state index is 13.7. The van der Waals surface area contributed by atoms with Crippen molar-refractivity contribution in [3.63, 3.8) is 0 Å². The number of hydrogen-bond acceptors (Lipinski definition) is 2. The molecule has 1 heterocycles. The van der Waals surface area contributed by atoms with Gasteiger partial charge in [-0.3, -0.25) is 9.48 Å². The second kappa shape index (κ2) is 6.74. The molecule has 1 aliphatic rings. The van der Waals surface area contributed by atoms with Crippen LogP contribution in [0.15, 0.2) is 6.07 Å². The molecule has 2 aromatic rings. The summed E-state index contributed by atoms with van der Waals surface area (Å²) in [5.74, 6) is -13.0. The molecule has 4 nitrogen and oxygen atoms in total. The van der Waals surface area contributed by atoms with Crippen LogP contribution in [0.3, 0.4) is 0 Å². The summed E-state index contributed by atoms with van der Waals surface area (Å²) in [5.41, 5.74) is -2.76. The van der Waals surface area contributed by atoms with Crippen LogP contribution in [0.1, 0.15) is 43.1 Å². The van der Waals surface area contributed by atoms with Crippen LogP contribution in [0, 0.1) is 29.1 Å². The monoisotopic (exact) mass is 413 g/mol. The van der Waals surface area contributed by atoms with E-state index in [1.165, 1.54) is 0 Å². The van der Waals surface area contributed by atoms with E-state index in [2.05, 4.69) is 5.10 Å². The van der Waals surface area contributed by atoms with Crippen molar-refractivity contribution in [1.82, 2.24) is 9.78 Å². The Balaban J connectivity index is 1.94. The van der Waals surface area contributed by atoms with E-state index in [0.29, 0.717) is 12.8 Å². The highest BCUT2D eigenvalue weighted by atomic mass is 19.4. The van der Waals surface area contributed by atoms with Crippen molar-refractivity contribution < 1.29 is 39.9 Å². The Morgan fingerprint density at radius 2 is 1.57 bits per heavy atom. The van der Waals surface area contributed by atoms with Crippen molar-refractivity contribution in [1.29, 1.82) is 0 Å². The molecule has 12 heteroatoms. The van der Waals surface area contributed by atoms with Crippen LogP contribution in [0.25, 0.3) is 0 Å². The first-order valence-electron chi connectivity index (χ1n) is 7.92. The molecule has 0 bridgehead atoms. The fraction of sp³-hybridized carbons (Fsp3) is 0.375. The van der Waals surface area contributed by atoms with Gasteiger partial charge in [-0.2, -0.15) is 18.3 Å². The Hall–Kier alpha value is -2.66. The molecule has 0 radical (unpaired) electrons. The van der Waals surface area contributed by atoms with E-state index in [0.717, 1.165) is 17.7 Å². The normalized spacial score (nSPS) is 15.6. The number of halogens is 8. The van der Waals surface area contributed by atoms with E-state index in [9.17, 15) is 39.9 Å². The zero-order valence-corrected chi connectivity index (χ0v) is 14.0. The molecule has 1 saturated carbocycles. The van der Waals surface area contributed by atoms with E-state index in [4.69, 9.17) is 0 Å². The lowest BCUT2D eigenvalue weighted by Crippen LogP contribution is -2.27. The second-order valence-corrected chi connectivity index (χ2v) is 6.28. The fourth-order valence-corrected chi connectivity index (χ4v) is 2.59. The minimum absolute atomic E-state index is 0.0902. The zero-order valence-electron chi connectivity index (χ0n) is 14.0. The second-order valence-electron chi connectivity index (χ2n) is 6.28. The van der Waals surface area contributed by atoms with Gasteiger partial charge < -0.3 is 5.32 Å². The first-order valence-corrected chi connectivity index (χ1v) is 7.92. The van der Waals surface area contributed by atoms with E-state index in [-0.39, 0.29) is 11.6 Å². The average Bonchev–Trinajstić information content (AvgIpc) is 3.37. The van der Waals surface area contributed by atoms with Gasteiger partial charge in [-0.25, -0.2) is 22.0 Å². The smallest absolute Gasteiger partial charge is 0.319 e. The minimum atomic E-state index is -4.79. The summed E-state index contributed by atoms with van der Waals surface area (Å²) in [6, 6.07) is -0.749. The number of hydrogen-bond donors (Lipinski definition) is 1. The third-order valence-corrected chi connectivity index (χ3v) is 4.25. The van der Waals surface area contributed by atoms with Crippen LogP contribution >= 0.6 is 0 Å². The quantitative estimate of drug-likeness (QED) is 0.450. The van der Waals surface area contributed by atoms with Crippen LogP contribution in [0.5, 0.6) is 0 Å². The number of alkyl halides is 3. The summed E-state index contributed by atoms with van der Waals surface area (Å²) in [4.78, 5) is 12.3. The topological polar surface area (TPSA) is 46.9 Å². The number of carbonyl (C=O) groups is 1. The van der Waals surface area contributed by atoms with E-state index >= 15 is 0 Å². The molecule has 1 unspecified atom stereocenters. The molecule has 1 amide bonds. The highest BCUT2D eigenvalue weighted by molar-refractivity contribution is 5.93. The number of carbonyl (C=O) groups excluding carboxylic acids is 1. The van der Waals surface area contributed by atoms with Crippen LogP contribution < -0.4 is 5.32 Å². The fourth-order valence-electron chi connectivity index (χ4n) is 2.59. The van der Waals surface area contributed by atoms with Crippen LogP contribution in [0.2, 0.25) is 0 Å². The van der Waals surface area contributed by atoms with Crippen molar-refractivity contribution in [2.24, 2.45) is 0 Å². The Morgan fingerprint density at radius 3 is 2.04 bits per heavy atom. The number of nitrogens with one attached hydrogen (secondary N) is 1. The van der Waals surface area contributed by atoms with Gasteiger partial charge in [0.25, 0.3) is 0 Å². The van der Waals surface area contributed by atoms with Gasteiger partial charge in [0.1, 0.15) is 11.7 Å². The number of nitrogens with zero attached hydrogens (tertiary/aromatic N) is 2. The summed E-state index contributed by atoms with van der Waals surface area (Å²) in [7, 11) is 0. The highest BCUT2D eigenvalue weighted by Crippen LogP contribution is 2.43. The minimum Gasteiger partial charge on any atom is -0.319 e. The summed E-state index contributed by atoms with van der Waals surface area (Å²) in [6.45, 7) is 1.08. The first-order chi connectivity index (χ1) is 12.9. The van der Waals surface area contributed by atoms with E-state index in [1.807, 2.05) is 0 Å². The van der Waals surface area contributed by atoms with Crippen molar-refractivity contribution in [2.75, 3.05) is 5.32 Å². The molecule has 0 aliphatic heterocycles. The molecule has 152 valence electrons. The van der Waals surface area contributed by atoms with E-state index < -0.39 is 58.6 Å². The maximum Gasteiger partial charge on any atom is 0.435 e. The number of aromatic nitrogens is 2. The van der Waals surface area contributed by atoms with Gasteiger partial charge >= 0.3 is 6.18 Å². The number of rotatable bonds is 4. The van der Waals surface area contributed by atoms with Crippen molar-refractivity contribution >= 4 is 11.6 Å². The van der Waals surface area contributed by atoms with Crippen LogP contribution in [-0.2, 0) is 11.0 Å². The molecule has 1 aliphatic carbocycles. The molecule has 0 spiro atoms. The van der Waals surface area contributed by atoms with Crippen LogP contribution in [-0.4, -0.2) is 15.7 Å². The predicted octanol–water partition coefficient (Wildman–Crippen LogP) is 4.67. The molecule has 0 saturated heterocycles. The van der Waals surface area contributed by atoms with Gasteiger partial charge in [-0.15, -0.1) is 0 Å². The third-order valence-electron chi connectivity index (χ3n) is 4.25. The first kappa shape index (κ1) is 20.1. The summed E-state index contributed by atoms with van der Waals surface area (Å²) in [5, 5.41) is 4.88. The lowest BCUT2D eigenvalue weighted by atomic mass is 10.2. The zero-order chi connectivity index (χ0) is 21.0. The molecule has 28 heavy (non-hydrogen) atoms. The lowest BCUT2D eigenvalue weighted by Gasteiger charge is -2.17. The van der Waals surface area contributed by atoms with E-state index in [1.54, 1.807) is 5.32 Å². The Labute approximate surface area is 152 Å². The standard InChI is InChI=1S/C16H11F8N3O/c1-5(27-7(6-2-3-6)4-8(26-27)16(22,23)24)15(28)25-14-12(20)10(18)9(17)11(19)13(14)21/h4-6H,2-3H2,1H3,(H,25,28). The van der Waals surface area contributed by atoms with Crippen molar-refractivity contribution in [3.8, 4) is 0 Å². The Morgan fingerprint density at radius 1 is 1.07 bits per heavy atom. The van der Waals surface area contributed by atoms with Crippen molar-refractivity contribution in [2.45, 2.75) is 37.9 Å².